The van der Waals surface area contributed by atoms with Crippen LogP contribution < -0.4 is 15.2 Å². The van der Waals surface area contributed by atoms with E-state index >= 15 is 0 Å². The molecule has 0 saturated heterocycles. The molecule has 1 heterocycles. The first-order chi connectivity index (χ1) is 8.22. The first-order valence-corrected chi connectivity index (χ1v) is 6.10. The molecule has 2 N–H and O–H groups in total. The molecule has 0 saturated carbocycles. The summed E-state index contributed by atoms with van der Waals surface area (Å²) in [4.78, 5) is 4.04. The molecule has 0 aliphatic carbocycles. The highest BCUT2D eigenvalue weighted by Crippen LogP contribution is 2.34. The maximum absolute atomic E-state index is 5.62. The van der Waals surface area contributed by atoms with Crippen molar-refractivity contribution in [1.82, 2.24) is 4.98 Å². The Morgan fingerprint density at radius 2 is 2.18 bits per heavy atom. The summed E-state index contributed by atoms with van der Waals surface area (Å²) in [5, 5.41) is 1.15. The molecular formula is C12H14N2O2S. The SMILES string of the molecule is CCc1ccc(Oc2ncc(N)s2)c(OC)c1. The average molecular weight is 250 g/mol. The van der Waals surface area contributed by atoms with Crippen LogP contribution in [0.1, 0.15) is 12.5 Å². The highest BCUT2D eigenvalue weighted by atomic mass is 32.1. The van der Waals surface area contributed by atoms with Gasteiger partial charge in [0.15, 0.2) is 11.5 Å². The first-order valence-electron chi connectivity index (χ1n) is 5.29. The van der Waals surface area contributed by atoms with Gasteiger partial charge >= 0.3 is 0 Å². The lowest BCUT2D eigenvalue weighted by Crippen LogP contribution is -1.91. The summed E-state index contributed by atoms with van der Waals surface area (Å²) in [6.45, 7) is 2.09. The highest BCUT2D eigenvalue weighted by Gasteiger charge is 2.08. The van der Waals surface area contributed by atoms with E-state index in [1.54, 1.807) is 13.3 Å². The maximum Gasteiger partial charge on any atom is 0.280 e. The minimum Gasteiger partial charge on any atom is -0.493 e. The van der Waals surface area contributed by atoms with Crippen molar-refractivity contribution < 1.29 is 9.47 Å². The smallest absolute Gasteiger partial charge is 0.280 e. The average Bonchev–Trinajstić information content (AvgIpc) is 2.75. The van der Waals surface area contributed by atoms with Gasteiger partial charge < -0.3 is 15.2 Å². The van der Waals surface area contributed by atoms with E-state index in [1.807, 2.05) is 18.2 Å². The Kier molecular flexibility index (Phi) is 3.49. The lowest BCUT2D eigenvalue weighted by Gasteiger charge is -2.09. The third-order valence-electron chi connectivity index (χ3n) is 2.34. The zero-order chi connectivity index (χ0) is 12.3. The van der Waals surface area contributed by atoms with E-state index in [2.05, 4.69) is 11.9 Å². The summed E-state index contributed by atoms with van der Waals surface area (Å²) in [5.74, 6) is 1.36. The van der Waals surface area contributed by atoms with Crippen LogP contribution >= 0.6 is 11.3 Å². The molecule has 0 radical (unpaired) electrons. The van der Waals surface area contributed by atoms with Gasteiger partial charge in [0.25, 0.3) is 5.19 Å². The Bertz CT molecular complexity index is 511. The molecule has 0 bridgehead atoms. The summed E-state index contributed by atoms with van der Waals surface area (Å²) in [7, 11) is 1.62. The second-order valence-corrected chi connectivity index (χ2v) is 4.49. The number of benzene rings is 1. The van der Waals surface area contributed by atoms with Gasteiger partial charge in [-0.25, -0.2) is 4.98 Å². The molecular weight excluding hydrogens is 236 g/mol. The van der Waals surface area contributed by atoms with Gasteiger partial charge in [-0.15, -0.1) is 0 Å². The minimum absolute atomic E-state index is 0.519. The quantitative estimate of drug-likeness (QED) is 0.906. The second kappa shape index (κ2) is 5.05. The van der Waals surface area contributed by atoms with Crippen molar-refractivity contribution in [2.75, 3.05) is 12.8 Å². The molecule has 0 aliphatic rings. The van der Waals surface area contributed by atoms with Crippen LogP contribution in [0.2, 0.25) is 0 Å². The van der Waals surface area contributed by atoms with Crippen LogP contribution in [0.3, 0.4) is 0 Å². The number of nitrogen functional groups attached to an aromatic ring is 1. The van der Waals surface area contributed by atoms with Gasteiger partial charge in [-0.2, -0.15) is 0 Å². The Hall–Kier alpha value is -1.75. The Balaban J connectivity index is 2.26. The van der Waals surface area contributed by atoms with E-state index < -0.39 is 0 Å². The molecule has 2 rings (SSSR count). The second-order valence-electron chi connectivity index (χ2n) is 3.47. The van der Waals surface area contributed by atoms with Crippen molar-refractivity contribution in [3.8, 4) is 16.7 Å². The predicted octanol–water partition coefficient (Wildman–Crippen LogP) is 3.09. The van der Waals surface area contributed by atoms with Crippen LogP contribution in [0.15, 0.2) is 24.4 Å². The molecule has 0 unspecified atom stereocenters. The van der Waals surface area contributed by atoms with Gasteiger partial charge in [-0.05, 0) is 24.1 Å². The first kappa shape index (κ1) is 11.7. The van der Waals surface area contributed by atoms with Gasteiger partial charge in [0.2, 0.25) is 0 Å². The maximum atomic E-state index is 5.62. The number of thiazole rings is 1. The summed E-state index contributed by atoms with van der Waals surface area (Å²) in [5.41, 5.74) is 6.79. The summed E-state index contributed by atoms with van der Waals surface area (Å²) < 4.78 is 10.9. The molecule has 0 spiro atoms. The molecule has 0 fully saturated rings. The number of methoxy groups -OCH3 is 1. The molecule has 0 atom stereocenters. The molecule has 2 aromatic rings. The number of nitrogens with two attached hydrogens (primary N) is 1. The number of rotatable bonds is 4. The van der Waals surface area contributed by atoms with Gasteiger partial charge in [0, 0.05) is 0 Å². The minimum atomic E-state index is 0.519. The van der Waals surface area contributed by atoms with Gasteiger partial charge in [0.1, 0.15) is 5.00 Å². The van der Waals surface area contributed by atoms with Crippen molar-refractivity contribution in [1.29, 1.82) is 0 Å². The fourth-order valence-electron chi connectivity index (χ4n) is 1.43. The number of aryl methyl sites for hydroxylation is 1. The van der Waals surface area contributed by atoms with Crippen molar-refractivity contribution >= 4 is 16.3 Å². The number of hydrogen-bond donors (Lipinski definition) is 1. The standard InChI is InChI=1S/C12H14N2O2S/c1-3-8-4-5-9(10(6-8)15-2)16-12-14-7-11(13)17-12/h4-7H,3,13H2,1-2H3. The van der Waals surface area contributed by atoms with Crippen LogP contribution in [0.4, 0.5) is 5.00 Å². The zero-order valence-electron chi connectivity index (χ0n) is 9.77. The Morgan fingerprint density at radius 3 is 2.76 bits per heavy atom. The molecule has 5 heteroatoms. The van der Waals surface area contributed by atoms with E-state index in [0.717, 1.165) is 6.42 Å². The zero-order valence-corrected chi connectivity index (χ0v) is 10.6. The number of nitrogens with zero attached hydrogens (tertiary/aromatic N) is 1. The molecule has 1 aromatic heterocycles. The molecule has 90 valence electrons. The molecule has 0 aliphatic heterocycles. The third kappa shape index (κ3) is 2.68. The van der Waals surface area contributed by atoms with E-state index in [1.165, 1.54) is 16.9 Å². The van der Waals surface area contributed by atoms with Crippen LogP contribution in [0, 0.1) is 0 Å². The normalized spacial score (nSPS) is 10.2. The summed E-state index contributed by atoms with van der Waals surface area (Å²) in [6.07, 6.45) is 2.54. The third-order valence-corrected chi connectivity index (χ3v) is 3.04. The molecule has 1 aromatic carbocycles. The largest absolute Gasteiger partial charge is 0.493 e. The van der Waals surface area contributed by atoms with Crippen molar-refractivity contribution in [3.05, 3.63) is 30.0 Å². The lowest BCUT2D eigenvalue weighted by atomic mass is 10.1. The van der Waals surface area contributed by atoms with Crippen LogP contribution in [-0.2, 0) is 6.42 Å². The van der Waals surface area contributed by atoms with Crippen molar-refractivity contribution in [2.24, 2.45) is 0 Å². The molecule has 4 nitrogen and oxygen atoms in total. The van der Waals surface area contributed by atoms with Crippen LogP contribution in [-0.4, -0.2) is 12.1 Å². The van der Waals surface area contributed by atoms with Crippen molar-refractivity contribution in [2.45, 2.75) is 13.3 Å². The fourth-order valence-corrected chi connectivity index (χ4v) is 1.97. The van der Waals surface area contributed by atoms with E-state index in [9.17, 15) is 0 Å². The van der Waals surface area contributed by atoms with Gasteiger partial charge in [-0.3, -0.25) is 0 Å². The van der Waals surface area contributed by atoms with Gasteiger partial charge in [0.05, 0.1) is 13.3 Å². The fraction of sp³-hybridized carbons (Fsp3) is 0.250. The molecule has 17 heavy (non-hydrogen) atoms. The summed E-state index contributed by atoms with van der Waals surface area (Å²) >= 11 is 1.30. The van der Waals surface area contributed by atoms with Gasteiger partial charge in [-0.1, -0.05) is 24.3 Å². The summed E-state index contributed by atoms with van der Waals surface area (Å²) in [6, 6.07) is 5.86. The lowest BCUT2D eigenvalue weighted by molar-refractivity contribution is 0.377. The number of hydrogen-bond acceptors (Lipinski definition) is 5. The number of ether oxygens (including phenoxy) is 2. The van der Waals surface area contributed by atoms with Crippen LogP contribution in [0.25, 0.3) is 0 Å². The van der Waals surface area contributed by atoms with Crippen LogP contribution in [0.5, 0.6) is 16.7 Å². The number of anilines is 1. The van der Waals surface area contributed by atoms with Crippen molar-refractivity contribution in [3.63, 3.8) is 0 Å². The topological polar surface area (TPSA) is 57.4 Å². The monoisotopic (exact) mass is 250 g/mol. The number of aromatic nitrogens is 1. The van der Waals surface area contributed by atoms with E-state index in [4.69, 9.17) is 15.2 Å². The predicted molar refractivity (Wildman–Crippen MR) is 69.0 cm³/mol. The Morgan fingerprint density at radius 1 is 1.35 bits per heavy atom. The Labute approximate surface area is 104 Å². The van der Waals surface area contributed by atoms with E-state index in [0.29, 0.717) is 21.7 Å². The highest BCUT2D eigenvalue weighted by molar-refractivity contribution is 7.17. The van der Waals surface area contributed by atoms with E-state index in [-0.39, 0.29) is 0 Å². The molecule has 0 amide bonds.